The van der Waals surface area contributed by atoms with Crippen molar-refractivity contribution in [1.29, 1.82) is 0 Å². The summed E-state index contributed by atoms with van der Waals surface area (Å²) in [6.07, 6.45) is 2.68. The summed E-state index contributed by atoms with van der Waals surface area (Å²) in [5.41, 5.74) is 2.69. The van der Waals surface area contributed by atoms with Crippen LogP contribution in [0.5, 0.6) is 0 Å². The smallest absolute Gasteiger partial charge is 0.315 e. The molecule has 2 amide bonds. The van der Waals surface area contributed by atoms with Gasteiger partial charge >= 0.3 is 6.03 Å². The molecule has 0 saturated heterocycles. The number of carbonyl (C=O) groups excluding carboxylic acids is 1. The molecule has 0 unspecified atom stereocenters. The highest BCUT2D eigenvalue weighted by molar-refractivity contribution is 5.74. The van der Waals surface area contributed by atoms with Crippen molar-refractivity contribution < 1.29 is 9.53 Å². The minimum atomic E-state index is -0.0820. The van der Waals surface area contributed by atoms with Crippen molar-refractivity contribution in [3.05, 3.63) is 35.4 Å². The summed E-state index contributed by atoms with van der Waals surface area (Å²) in [5, 5.41) is 5.98. The summed E-state index contributed by atoms with van der Waals surface area (Å²) in [6, 6.07) is 8.63. The summed E-state index contributed by atoms with van der Waals surface area (Å²) in [6.45, 7) is 2.65. The van der Waals surface area contributed by atoms with Crippen LogP contribution in [0.2, 0.25) is 0 Å². The Kier molecular flexibility index (Phi) is 4.80. The van der Waals surface area contributed by atoms with Crippen LogP contribution in [0, 0.1) is 0 Å². The van der Waals surface area contributed by atoms with Crippen LogP contribution in [-0.4, -0.2) is 31.8 Å². The fraction of sp³-hybridized carbons (Fsp3) is 0.533. The number of hydrogen-bond donors (Lipinski definition) is 2. The number of benzene rings is 1. The number of urea groups is 1. The van der Waals surface area contributed by atoms with E-state index in [0.717, 1.165) is 19.3 Å². The molecule has 4 nitrogen and oxygen atoms in total. The standard InChI is InChI=1S/C15H22N2O2/c1-11(7-8-19-2)16-15(18)17-14-9-12-5-3-4-6-13(12)10-14/h3-6,11,14H,7-10H2,1-2H3,(H2,16,17,18)/t11-/m0/s1. The van der Waals surface area contributed by atoms with Gasteiger partial charge in [0, 0.05) is 25.8 Å². The van der Waals surface area contributed by atoms with E-state index in [-0.39, 0.29) is 18.1 Å². The monoisotopic (exact) mass is 262 g/mol. The van der Waals surface area contributed by atoms with Gasteiger partial charge in [-0.2, -0.15) is 0 Å². The van der Waals surface area contributed by atoms with Crippen LogP contribution < -0.4 is 10.6 Å². The van der Waals surface area contributed by atoms with E-state index in [0.29, 0.717) is 6.61 Å². The normalized spacial score (nSPS) is 15.9. The van der Waals surface area contributed by atoms with Crippen molar-refractivity contribution in [2.24, 2.45) is 0 Å². The summed E-state index contributed by atoms with van der Waals surface area (Å²) >= 11 is 0. The SMILES string of the molecule is COCC[C@H](C)NC(=O)NC1Cc2ccccc2C1. The van der Waals surface area contributed by atoms with Crippen LogP contribution in [0.3, 0.4) is 0 Å². The Labute approximate surface area is 114 Å². The third-order valence-electron chi connectivity index (χ3n) is 3.52. The van der Waals surface area contributed by atoms with E-state index < -0.39 is 0 Å². The van der Waals surface area contributed by atoms with E-state index in [1.807, 2.05) is 19.1 Å². The van der Waals surface area contributed by atoms with Gasteiger partial charge in [0.25, 0.3) is 0 Å². The van der Waals surface area contributed by atoms with E-state index >= 15 is 0 Å². The van der Waals surface area contributed by atoms with Gasteiger partial charge in [-0.1, -0.05) is 24.3 Å². The molecule has 0 aromatic heterocycles. The van der Waals surface area contributed by atoms with Gasteiger partial charge in [0.2, 0.25) is 0 Å². The molecule has 1 aromatic rings. The lowest BCUT2D eigenvalue weighted by molar-refractivity contribution is 0.183. The number of fused-ring (bicyclic) bond motifs is 1. The molecule has 1 aliphatic carbocycles. The van der Waals surface area contributed by atoms with Gasteiger partial charge in [-0.3, -0.25) is 0 Å². The Hall–Kier alpha value is -1.55. The van der Waals surface area contributed by atoms with Gasteiger partial charge in [-0.15, -0.1) is 0 Å². The number of methoxy groups -OCH3 is 1. The topological polar surface area (TPSA) is 50.4 Å². The average Bonchev–Trinajstić information content (AvgIpc) is 2.78. The first-order valence-electron chi connectivity index (χ1n) is 6.81. The van der Waals surface area contributed by atoms with Crippen LogP contribution in [0.1, 0.15) is 24.5 Å². The summed E-state index contributed by atoms with van der Waals surface area (Å²) in [5.74, 6) is 0. The van der Waals surface area contributed by atoms with Crippen LogP contribution in [0.15, 0.2) is 24.3 Å². The predicted octanol–water partition coefficient (Wildman–Crippen LogP) is 1.88. The molecular formula is C15H22N2O2. The van der Waals surface area contributed by atoms with Gasteiger partial charge in [-0.25, -0.2) is 4.79 Å². The third kappa shape index (κ3) is 3.96. The van der Waals surface area contributed by atoms with Crippen molar-refractivity contribution in [1.82, 2.24) is 10.6 Å². The first kappa shape index (κ1) is 13.9. The van der Waals surface area contributed by atoms with Gasteiger partial charge in [0.1, 0.15) is 0 Å². The zero-order valence-electron chi connectivity index (χ0n) is 11.6. The fourth-order valence-electron chi connectivity index (χ4n) is 2.48. The Balaban J connectivity index is 1.76. The molecule has 0 heterocycles. The molecule has 0 saturated carbocycles. The molecule has 104 valence electrons. The highest BCUT2D eigenvalue weighted by Crippen LogP contribution is 2.21. The van der Waals surface area contributed by atoms with Gasteiger partial charge < -0.3 is 15.4 Å². The molecule has 2 N–H and O–H groups in total. The number of rotatable bonds is 5. The lowest BCUT2D eigenvalue weighted by atomic mass is 10.1. The Morgan fingerprint density at radius 1 is 1.37 bits per heavy atom. The fourth-order valence-corrected chi connectivity index (χ4v) is 2.48. The number of nitrogens with one attached hydrogen (secondary N) is 2. The van der Waals surface area contributed by atoms with Gasteiger partial charge in [-0.05, 0) is 37.3 Å². The number of carbonyl (C=O) groups is 1. The number of hydrogen-bond acceptors (Lipinski definition) is 2. The van der Waals surface area contributed by atoms with Crippen molar-refractivity contribution in [3.8, 4) is 0 Å². The number of ether oxygens (including phenoxy) is 1. The van der Waals surface area contributed by atoms with Crippen molar-refractivity contribution in [3.63, 3.8) is 0 Å². The second kappa shape index (κ2) is 6.57. The Bertz CT molecular complexity index is 409. The minimum Gasteiger partial charge on any atom is -0.385 e. The summed E-state index contributed by atoms with van der Waals surface area (Å²) < 4.78 is 5.00. The van der Waals surface area contributed by atoms with Crippen molar-refractivity contribution in [2.45, 2.75) is 38.3 Å². The lowest BCUT2D eigenvalue weighted by Gasteiger charge is -2.17. The molecule has 0 aliphatic heterocycles. The van der Waals surface area contributed by atoms with Crippen molar-refractivity contribution in [2.75, 3.05) is 13.7 Å². The lowest BCUT2D eigenvalue weighted by Crippen LogP contribution is -2.46. The molecule has 1 aliphatic rings. The Morgan fingerprint density at radius 3 is 2.58 bits per heavy atom. The Morgan fingerprint density at radius 2 is 2.00 bits per heavy atom. The largest absolute Gasteiger partial charge is 0.385 e. The van der Waals surface area contributed by atoms with Crippen LogP contribution >= 0.6 is 0 Å². The zero-order chi connectivity index (χ0) is 13.7. The minimum absolute atomic E-state index is 0.0820. The van der Waals surface area contributed by atoms with E-state index in [9.17, 15) is 4.79 Å². The summed E-state index contributed by atoms with van der Waals surface area (Å²) in [7, 11) is 1.67. The average molecular weight is 262 g/mol. The quantitative estimate of drug-likeness (QED) is 0.851. The molecule has 0 fully saturated rings. The first-order chi connectivity index (χ1) is 9.19. The highest BCUT2D eigenvalue weighted by atomic mass is 16.5. The van der Waals surface area contributed by atoms with E-state index in [1.165, 1.54) is 11.1 Å². The van der Waals surface area contributed by atoms with E-state index in [2.05, 4.69) is 22.8 Å². The predicted molar refractivity (Wildman–Crippen MR) is 75.3 cm³/mol. The molecule has 1 aromatic carbocycles. The second-order valence-corrected chi connectivity index (χ2v) is 5.17. The van der Waals surface area contributed by atoms with Crippen LogP contribution in [0.4, 0.5) is 4.79 Å². The maximum atomic E-state index is 11.9. The van der Waals surface area contributed by atoms with Gasteiger partial charge in [0.15, 0.2) is 0 Å². The maximum Gasteiger partial charge on any atom is 0.315 e. The van der Waals surface area contributed by atoms with Crippen molar-refractivity contribution >= 4 is 6.03 Å². The molecule has 0 spiro atoms. The van der Waals surface area contributed by atoms with Crippen LogP contribution in [0.25, 0.3) is 0 Å². The maximum absolute atomic E-state index is 11.9. The first-order valence-corrected chi connectivity index (χ1v) is 6.81. The molecule has 0 radical (unpaired) electrons. The molecular weight excluding hydrogens is 240 g/mol. The molecule has 4 heteroatoms. The molecule has 1 atom stereocenters. The van der Waals surface area contributed by atoms with Gasteiger partial charge in [0.05, 0.1) is 0 Å². The molecule has 2 rings (SSSR count). The third-order valence-corrected chi connectivity index (χ3v) is 3.52. The molecule has 19 heavy (non-hydrogen) atoms. The number of amides is 2. The second-order valence-electron chi connectivity index (χ2n) is 5.17. The van der Waals surface area contributed by atoms with E-state index in [1.54, 1.807) is 7.11 Å². The van der Waals surface area contributed by atoms with E-state index in [4.69, 9.17) is 4.74 Å². The zero-order valence-corrected chi connectivity index (χ0v) is 11.6. The summed E-state index contributed by atoms with van der Waals surface area (Å²) in [4.78, 5) is 11.9. The van der Waals surface area contributed by atoms with Crippen LogP contribution in [-0.2, 0) is 17.6 Å². The molecule has 0 bridgehead atoms. The highest BCUT2D eigenvalue weighted by Gasteiger charge is 2.22.